The zero-order valence-electron chi connectivity index (χ0n) is 16.6. The third-order valence-corrected chi connectivity index (χ3v) is 5.77. The Morgan fingerprint density at radius 3 is 2.38 bits per heavy atom. The molecule has 4 amide bonds. The van der Waals surface area contributed by atoms with Crippen LogP contribution in [0.2, 0.25) is 0 Å². The number of hydrogen-bond donors (Lipinski definition) is 0. The highest BCUT2D eigenvalue weighted by atomic mass is 19.3. The largest absolute Gasteiger partial charge is 0.435 e. The summed E-state index contributed by atoms with van der Waals surface area (Å²) in [4.78, 5) is 42.1. The molecule has 0 unspecified atom stereocenters. The molecule has 2 aliphatic rings. The van der Waals surface area contributed by atoms with Crippen LogP contribution in [-0.4, -0.2) is 65.3 Å². The zero-order chi connectivity index (χ0) is 21.2. The Morgan fingerprint density at radius 1 is 1.17 bits per heavy atom. The topological polar surface area (TPSA) is 70.2 Å². The summed E-state index contributed by atoms with van der Waals surface area (Å²) < 4.78 is 28.7. The summed E-state index contributed by atoms with van der Waals surface area (Å²) in [5, 5.41) is 0. The second kappa shape index (κ2) is 8.34. The van der Waals surface area contributed by atoms with E-state index in [1.54, 1.807) is 26.2 Å². The van der Waals surface area contributed by atoms with Crippen LogP contribution in [0.1, 0.15) is 37.7 Å². The van der Waals surface area contributed by atoms with Crippen molar-refractivity contribution < 1.29 is 27.9 Å². The van der Waals surface area contributed by atoms with Gasteiger partial charge >= 0.3 is 12.6 Å². The minimum atomic E-state index is -2.90. The number of rotatable bonds is 6. The molecule has 29 heavy (non-hydrogen) atoms. The lowest BCUT2D eigenvalue weighted by Gasteiger charge is -2.35. The summed E-state index contributed by atoms with van der Waals surface area (Å²) in [7, 11) is 3.19. The maximum absolute atomic E-state index is 13.0. The smallest absolute Gasteiger partial charge is 0.387 e. The first kappa shape index (κ1) is 21.0. The highest BCUT2D eigenvalue weighted by molar-refractivity contribution is 6.08. The number of hydrogen-bond acceptors (Lipinski definition) is 4. The number of carbonyl (C=O) groups is 3. The fourth-order valence-electron chi connectivity index (χ4n) is 4.07. The summed E-state index contributed by atoms with van der Waals surface area (Å²) >= 11 is 0. The SMILES string of the molecule is CN(Cc1ccc(OC(F)F)cc1)C(=O)CN1C(=O)N(C)C2(CCCCC2)C1=O. The Hall–Kier alpha value is -2.71. The first-order valence-corrected chi connectivity index (χ1v) is 9.62. The molecule has 7 nitrogen and oxygen atoms in total. The van der Waals surface area contributed by atoms with E-state index in [2.05, 4.69) is 4.74 Å². The Labute approximate surface area is 168 Å². The Bertz CT molecular complexity index is 778. The lowest BCUT2D eigenvalue weighted by molar-refractivity contribution is -0.140. The van der Waals surface area contributed by atoms with Crippen LogP contribution >= 0.6 is 0 Å². The molecule has 1 spiro atoms. The summed E-state index contributed by atoms with van der Waals surface area (Å²) in [6.45, 7) is -3.00. The molecular formula is C20H25F2N3O4. The van der Waals surface area contributed by atoms with E-state index in [1.807, 2.05) is 0 Å². The third-order valence-electron chi connectivity index (χ3n) is 5.77. The van der Waals surface area contributed by atoms with E-state index in [4.69, 9.17) is 0 Å². The molecule has 1 aliphatic carbocycles. The Morgan fingerprint density at radius 2 is 1.79 bits per heavy atom. The highest BCUT2D eigenvalue weighted by Gasteiger charge is 2.55. The number of ether oxygens (including phenoxy) is 1. The van der Waals surface area contributed by atoms with Crippen LogP contribution < -0.4 is 4.74 Å². The fourth-order valence-corrected chi connectivity index (χ4v) is 4.07. The van der Waals surface area contributed by atoms with Gasteiger partial charge in [-0.1, -0.05) is 31.4 Å². The van der Waals surface area contributed by atoms with Gasteiger partial charge < -0.3 is 14.5 Å². The molecule has 0 atom stereocenters. The van der Waals surface area contributed by atoms with Crippen molar-refractivity contribution in [3.63, 3.8) is 0 Å². The molecule has 1 saturated carbocycles. The monoisotopic (exact) mass is 409 g/mol. The Kier molecular flexibility index (Phi) is 6.04. The van der Waals surface area contributed by atoms with Crippen molar-refractivity contribution in [1.82, 2.24) is 14.7 Å². The molecule has 0 bridgehead atoms. The van der Waals surface area contributed by atoms with Crippen molar-refractivity contribution >= 4 is 17.8 Å². The van der Waals surface area contributed by atoms with Crippen LogP contribution in [0.5, 0.6) is 5.75 Å². The molecule has 3 rings (SSSR count). The first-order valence-electron chi connectivity index (χ1n) is 9.62. The summed E-state index contributed by atoms with van der Waals surface area (Å²) in [6.07, 6.45) is 4.07. The molecular weight excluding hydrogens is 384 g/mol. The maximum Gasteiger partial charge on any atom is 0.387 e. The van der Waals surface area contributed by atoms with Gasteiger partial charge in [-0.2, -0.15) is 8.78 Å². The van der Waals surface area contributed by atoms with Gasteiger partial charge in [-0.05, 0) is 30.5 Å². The zero-order valence-corrected chi connectivity index (χ0v) is 16.6. The molecule has 9 heteroatoms. The predicted octanol–water partition coefficient (Wildman–Crippen LogP) is 2.84. The standard InChI is InChI=1S/C20H25F2N3O4/c1-23(12-14-6-8-15(9-7-14)29-18(21)22)16(26)13-25-17(27)20(24(2)19(25)28)10-4-3-5-11-20/h6-9,18H,3-5,10-13H2,1-2H3. The number of nitrogens with zero attached hydrogens (tertiary/aromatic N) is 3. The van der Waals surface area contributed by atoms with E-state index in [-0.39, 0.29) is 30.7 Å². The molecule has 1 saturated heterocycles. The van der Waals surface area contributed by atoms with E-state index in [9.17, 15) is 23.2 Å². The molecule has 158 valence electrons. The fraction of sp³-hybridized carbons (Fsp3) is 0.550. The second-order valence-corrected chi connectivity index (χ2v) is 7.60. The highest BCUT2D eigenvalue weighted by Crippen LogP contribution is 2.39. The van der Waals surface area contributed by atoms with Crippen molar-refractivity contribution in [3.05, 3.63) is 29.8 Å². The average molecular weight is 409 g/mol. The number of halogens is 2. The van der Waals surface area contributed by atoms with Gasteiger partial charge in [0.1, 0.15) is 17.8 Å². The third kappa shape index (κ3) is 4.18. The van der Waals surface area contributed by atoms with Gasteiger partial charge in [0, 0.05) is 20.6 Å². The van der Waals surface area contributed by atoms with Gasteiger partial charge in [0.05, 0.1) is 0 Å². The van der Waals surface area contributed by atoms with E-state index in [1.165, 1.54) is 21.9 Å². The van der Waals surface area contributed by atoms with Crippen LogP contribution in [0.25, 0.3) is 0 Å². The van der Waals surface area contributed by atoms with Crippen molar-refractivity contribution in [2.45, 2.75) is 50.8 Å². The van der Waals surface area contributed by atoms with Gasteiger partial charge in [-0.3, -0.25) is 14.5 Å². The van der Waals surface area contributed by atoms with Crippen molar-refractivity contribution in [2.75, 3.05) is 20.6 Å². The lowest BCUT2D eigenvalue weighted by Crippen LogP contribution is -2.49. The van der Waals surface area contributed by atoms with Gasteiger partial charge in [-0.25, -0.2) is 4.79 Å². The van der Waals surface area contributed by atoms with Crippen LogP contribution in [0, 0.1) is 0 Å². The molecule has 1 aliphatic heterocycles. The summed E-state index contributed by atoms with van der Waals surface area (Å²) in [6, 6.07) is 5.52. The Balaban J connectivity index is 1.62. The average Bonchev–Trinajstić information content (AvgIpc) is 2.86. The van der Waals surface area contributed by atoms with Crippen LogP contribution in [0.4, 0.5) is 13.6 Å². The van der Waals surface area contributed by atoms with Crippen molar-refractivity contribution in [1.29, 1.82) is 0 Å². The maximum atomic E-state index is 13.0. The number of carbonyl (C=O) groups excluding carboxylic acids is 3. The lowest BCUT2D eigenvalue weighted by atomic mass is 9.81. The van der Waals surface area contributed by atoms with Crippen LogP contribution in [-0.2, 0) is 16.1 Å². The van der Waals surface area contributed by atoms with E-state index in [0.29, 0.717) is 18.4 Å². The molecule has 1 aromatic carbocycles. The molecule has 1 aromatic rings. The molecule has 0 radical (unpaired) electrons. The number of benzene rings is 1. The molecule has 0 N–H and O–H groups in total. The number of likely N-dealkylation sites (N-methyl/N-ethyl adjacent to an activating group) is 2. The van der Waals surface area contributed by atoms with Crippen LogP contribution in [0.15, 0.2) is 24.3 Å². The molecule has 2 fully saturated rings. The second-order valence-electron chi connectivity index (χ2n) is 7.60. The van der Waals surface area contributed by atoms with Gasteiger partial charge in [0.15, 0.2) is 0 Å². The molecule has 0 aromatic heterocycles. The summed E-state index contributed by atoms with van der Waals surface area (Å²) in [5.74, 6) is -0.632. The van der Waals surface area contributed by atoms with Crippen LogP contribution in [0.3, 0.4) is 0 Å². The minimum absolute atomic E-state index is 0.0341. The number of amides is 4. The van der Waals surface area contributed by atoms with Gasteiger partial charge in [-0.15, -0.1) is 0 Å². The van der Waals surface area contributed by atoms with Crippen molar-refractivity contribution in [2.24, 2.45) is 0 Å². The van der Waals surface area contributed by atoms with E-state index < -0.39 is 18.2 Å². The van der Waals surface area contributed by atoms with Gasteiger partial charge in [0.25, 0.3) is 5.91 Å². The van der Waals surface area contributed by atoms with E-state index in [0.717, 1.165) is 24.2 Å². The molecule has 1 heterocycles. The number of urea groups is 1. The van der Waals surface area contributed by atoms with Crippen molar-refractivity contribution in [3.8, 4) is 5.75 Å². The number of imide groups is 1. The van der Waals surface area contributed by atoms with E-state index >= 15 is 0 Å². The quantitative estimate of drug-likeness (QED) is 0.678. The minimum Gasteiger partial charge on any atom is -0.435 e. The predicted molar refractivity (Wildman–Crippen MR) is 100 cm³/mol. The number of alkyl halides is 2. The summed E-state index contributed by atoms with van der Waals surface area (Å²) in [5.41, 5.74) is -0.100. The normalized spacial score (nSPS) is 18.7. The first-order chi connectivity index (χ1) is 13.7. The van der Waals surface area contributed by atoms with Gasteiger partial charge in [0.2, 0.25) is 5.91 Å².